The molecule has 0 saturated carbocycles. The van der Waals surface area contributed by atoms with Crippen LogP contribution in [0, 0.1) is 12.7 Å². The van der Waals surface area contributed by atoms with Gasteiger partial charge < -0.3 is 10.2 Å². The number of halogens is 2. The van der Waals surface area contributed by atoms with Crippen LogP contribution in [-0.2, 0) is 26.2 Å². The van der Waals surface area contributed by atoms with E-state index in [1.54, 1.807) is 25.1 Å². The van der Waals surface area contributed by atoms with E-state index < -0.39 is 34.3 Å². The lowest BCUT2D eigenvalue weighted by molar-refractivity contribution is -0.140. The first kappa shape index (κ1) is 28.1. The maximum absolute atomic E-state index is 13.8. The average Bonchev–Trinajstić information content (AvgIpc) is 2.88. The largest absolute Gasteiger partial charge is 0.357 e. The number of carbonyl (C=O) groups excluding carboxylic acids is 2. The number of benzene rings is 3. The highest BCUT2D eigenvalue weighted by Gasteiger charge is 2.33. The lowest BCUT2D eigenvalue weighted by Crippen LogP contribution is -2.51. The Balaban J connectivity index is 2.05. The number of hydrogen-bond acceptors (Lipinski definition) is 4. The molecule has 0 aliphatic heterocycles. The SMILES string of the molecule is CC[C@@H](C(=O)NC)N(Cc1ccc(F)cc1)C(=O)CN(c1cccc(C)c1)S(=O)(=O)c1ccc(Cl)cc1. The molecule has 0 bridgehead atoms. The molecule has 0 aromatic heterocycles. The maximum Gasteiger partial charge on any atom is 0.264 e. The van der Waals surface area contributed by atoms with Crippen LogP contribution in [0.2, 0.25) is 5.02 Å². The number of sulfonamides is 1. The molecule has 0 aliphatic carbocycles. The van der Waals surface area contributed by atoms with Gasteiger partial charge in [-0.2, -0.15) is 0 Å². The molecule has 0 heterocycles. The van der Waals surface area contributed by atoms with Crippen molar-refractivity contribution in [2.75, 3.05) is 17.9 Å². The molecule has 10 heteroatoms. The molecule has 0 spiro atoms. The fourth-order valence-electron chi connectivity index (χ4n) is 3.92. The third-order valence-corrected chi connectivity index (χ3v) is 7.91. The second-order valence-electron chi connectivity index (χ2n) is 8.49. The van der Waals surface area contributed by atoms with Gasteiger partial charge in [0, 0.05) is 18.6 Å². The van der Waals surface area contributed by atoms with Crippen LogP contribution >= 0.6 is 11.6 Å². The molecule has 7 nitrogen and oxygen atoms in total. The fourth-order valence-corrected chi connectivity index (χ4v) is 5.45. The van der Waals surface area contributed by atoms with Crippen LogP contribution in [0.25, 0.3) is 0 Å². The van der Waals surface area contributed by atoms with Crippen molar-refractivity contribution in [3.63, 3.8) is 0 Å². The van der Waals surface area contributed by atoms with Gasteiger partial charge in [0.05, 0.1) is 10.6 Å². The monoisotopic (exact) mass is 545 g/mol. The summed E-state index contributed by atoms with van der Waals surface area (Å²) in [4.78, 5) is 27.7. The molecule has 196 valence electrons. The van der Waals surface area contributed by atoms with Crippen LogP contribution in [0.1, 0.15) is 24.5 Å². The second-order valence-corrected chi connectivity index (χ2v) is 10.8. The van der Waals surface area contributed by atoms with Crippen molar-refractivity contribution in [1.82, 2.24) is 10.2 Å². The molecule has 3 rings (SSSR count). The van der Waals surface area contributed by atoms with E-state index in [4.69, 9.17) is 11.6 Å². The number of nitrogens with one attached hydrogen (secondary N) is 1. The molecule has 0 fully saturated rings. The molecule has 0 unspecified atom stereocenters. The van der Waals surface area contributed by atoms with E-state index in [-0.39, 0.29) is 17.3 Å². The first-order chi connectivity index (χ1) is 17.6. The Morgan fingerprint density at radius 1 is 1.03 bits per heavy atom. The second kappa shape index (κ2) is 12.2. The summed E-state index contributed by atoms with van der Waals surface area (Å²) in [6, 6.07) is 17.2. The highest BCUT2D eigenvalue weighted by Crippen LogP contribution is 2.26. The van der Waals surface area contributed by atoms with Crippen molar-refractivity contribution < 1.29 is 22.4 Å². The summed E-state index contributed by atoms with van der Waals surface area (Å²) in [5, 5.41) is 2.94. The smallest absolute Gasteiger partial charge is 0.264 e. The highest BCUT2D eigenvalue weighted by atomic mass is 35.5. The van der Waals surface area contributed by atoms with Gasteiger partial charge in [0.25, 0.3) is 10.0 Å². The summed E-state index contributed by atoms with van der Waals surface area (Å²) in [6.07, 6.45) is 0.293. The maximum atomic E-state index is 13.8. The van der Waals surface area contributed by atoms with Gasteiger partial charge >= 0.3 is 0 Å². The summed E-state index contributed by atoms with van der Waals surface area (Å²) in [6.45, 7) is 3.02. The number of amides is 2. The van der Waals surface area contributed by atoms with E-state index in [1.165, 1.54) is 60.5 Å². The van der Waals surface area contributed by atoms with E-state index >= 15 is 0 Å². The first-order valence-electron chi connectivity index (χ1n) is 11.7. The number of rotatable bonds is 10. The molecule has 0 radical (unpaired) electrons. The zero-order valence-corrected chi connectivity index (χ0v) is 22.4. The van der Waals surface area contributed by atoms with Crippen molar-refractivity contribution in [3.8, 4) is 0 Å². The van der Waals surface area contributed by atoms with Crippen molar-refractivity contribution >= 4 is 39.1 Å². The van der Waals surface area contributed by atoms with Crippen LogP contribution < -0.4 is 9.62 Å². The fraction of sp³-hybridized carbons (Fsp3) is 0.259. The van der Waals surface area contributed by atoms with E-state index in [0.717, 1.165) is 9.87 Å². The standard InChI is InChI=1S/C27H29ClFN3O4S/c1-4-25(27(34)30-3)31(17-20-8-12-22(29)13-9-20)26(33)18-32(23-7-5-6-19(2)16-23)37(35,36)24-14-10-21(28)11-15-24/h5-16,25H,4,17-18H2,1-3H3,(H,30,34)/t25-/m0/s1. The Hall–Kier alpha value is -3.43. The van der Waals surface area contributed by atoms with Crippen molar-refractivity contribution in [2.45, 2.75) is 37.8 Å². The number of carbonyl (C=O) groups is 2. The predicted octanol–water partition coefficient (Wildman–Crippen LogP) is 4.54. The van der Waals surface area contributed by atoms with Crippen LogP contribution in [-0.4, -0.2) is 44.8 Å². The number of anilines is 1. The normalized spacial score (nSPS) is 12.0. The molecule has 1 atom stereocenters. The topological polar surface area (TPSA) is 86.8 Å². The van der Waals surface area contributed by atoms with Gasteiger partial charge in [-0.05, 0) is 73.0 Å². The Morgan fingerprint density at radius 2 is 1.68 bits per heavy atom. The van der Waals surface area contributed by atoms with E-state index in [9.17, 15) is 22.4 Å². The van der Waals surface area contributed by atoms with Crippen molar-refractivity contribution in [1.29, 1.82) is 0 Å². The number of hydrogen-bond donors (Lipinski definition) is 1. The summed E-state index contributed by atoms with van der Waals surface area (Å²) < 4.78 is 42.0. The minimum Gasteiger partial charge on any atom is -0.357 e. The van der Waals surface area contributed by atoms with Gasteiger partial charge in [0.2, 0.25) is 11.8 Å². The van der Waals surface area contributed by atoms with Gasteiger partial charge in [-0.25, -0.2) is 12.8 Å². The van der Waals surface area contributed by atoms with Gasteiger partial charge in [0.15, 0.2) is 0 Å². The predicted molar refractivity (Wildman–Crippen MR) is 142 cm³/mol. The minimum atomic E-state index is -4.18. The Labute approximate surface area is 221 Å². The van der Waals surface area contributed by atoms with Crippen LogP contribution in [0.4, 0.5) is 10.1 Å². The lowest BCUT2D eigenvalue weighted by Gasteiger charge is -2.33. The summed E-state index contributed by atoms with van der Waals surface area (Å²) in [5.74, 6) is -1.40. The summed E-state index contributed by atoms with van der Waals surface area (Å²) >= 11 is 5.96. The number of nitrogens with zero attached hydrogens (tertiary/aromatic N) is 2. The molecule has 0 saturated heterocycles. The Morgan fingerprint density at radius 3 is 2.24 bits per heavy atom. The van der Waals surface area contributed by atoms with Gasteiger partial charge in [-0.3, -0.25) is 13.9 Å². The minimum absolute atomic E-state index is 0.00626. The van der Waals surface area contributed by atoms with E-state index in [0.29, 0.717) is 22.7 Å². The molecular weight excluding hydrogens is 517 g/mol. The zero-order chi connectivity index (χ0) is 27.2. The lowest BCUT2D eigenvalue weighted by atomic mass is 10.1. The number of likely N-dealkylation sites (N-methyl/N-ethyl adjacent to an activating group) is 1. The zero-order valence-electron chi connectivity index (χ0n) is 20.8. The van der Waals surface area contributed by atoms with Crippen molar-refractivity contribution in [2.24, 2.45) is 0 Å². The molecule has 3 aromatic rings. The molecule has 3 aromatic carbocycles. The third-order valence-electron chi connectivity index (χ3n) is 5.87. The molecular formula is C27H29ClFN3O4S. The third kappa shape index (κ3) is 6.87. The molecule has 2 amide bonds. The summed E-state index contributed by atoms with van der Waals surface area (Å²) in [7, 11) is -2.71. The Kier molecular flexibility index (Phi) is 9.29. The molecule has 37 heavy (non-hydrogen) atoms. The molecule has 1 N–H and O–H groups in total. The Bertz CT molecular complexity index is 1350. The molecule has 0 aliphatic rings. The van der Waals surface area contributed by atoms with Crippen LogP contribution in [0.5, 0.6) is 0 Å². The average molecular weight is 546 g/mol. The summed E-state index contributed by atoms with van der Waals surface area (Å²) in [5.41, 5.74) is 1.71. The van der Waals surface area contributed by atoms with Crippen LogP contribution in [0.3, 0.4) is 0 Å². The van der Waals surface area contributed by atoms with Crippen LogP contribution in [0.15, 0.2) is 77.7 Å². The first-order valence-corrected chi connectivity index (χ1v) is 13.5. The quantitative estimate of drug-likeness (QED) is 0.405. The van der Waals surface area contributed by atoms with E-state index in [2.05, 4.69) is 5.32 Å². The van der Waals surface area contributed by atoms with Gasteiger partial charge in [0.1, 0.15) is 18.4 Å². The highest BCUT2D eigenvalue weighted by molar-refractivity contribution is 7.92. The van der Waals surface area contributed by atoms with Gasteiger partial charge in [-0.1, -0.05) is 42.8 Å². The van der Waals surface area contributed by atoms with E-state index in [1.807, 2.05) is 13.0 Å². The van der Waals surface area contributed by atoms with Crippen molar-refractivity contribution in [3.05, 3.63) is 94.8 Å². The number of aryl methyl sites for hydroxylation is 1. The van der Waals surface area contributed by atoms with Gasteiger partial charge in [-0.15, -0.1) is 0 Å².